The van der Waals surface area contributed by atoms with Crippen LogP contribution in [-0.4, -0.2) is 33.0 Å². The van der Waals surface area contributed by atoms with Crippen molar-refractivity contribution < 1.29 is 14.8 Å². The maximum absolute atomic E-state index is 12.2. The summed E-state index contributed by atoms with van der Waals surface area (Å²) in [6, 6.07) is 4.07. The molecule has 2 atom stereocenters. The zero-order valence-electron chi connectivity index (χ0n) is 12.1. The maximum Gasteiger partial charge on any atom is 0.310 e. The first-order valence-corrected chi connectivity index (χ1v) is 6.97. The van der Waals surface area contributed by atoms with Gasteiger partial charge in [0.25, 0.3) is 5.91 Å². The Morgan fingerprint density at radius 1 is 1.38 bits per heavy atom. The number of hydrogen-bond acceptors (Lipinski definition) is 5. The lowest BCUT2D eigenvalue weighted by atomic mass is 10.00. The van der Waals surface area contributed by atoms with Gasteiger partial charge < -0.3 is 5.11 Å². The Morgan fingerprint density at radius 3 is 2.52 bits per heavy atom. The molecular weight excluding hydrogens is 274 g/mol. The van der Waals surface area contributed by atoms with Crippen molar-refractivity contribution >= 4 is 11.6 Å². The molecule has 1 aromatic carbocycles. The molecule has 1 heterocycles. The number of rotatable bonds is 3. The number of piperidine rings is 1. The summed E-state index contributed by atoms with van der Waals surface area (Å²) in [5.74, 6) is -0.881. The second kappa shape index (κ2) is 6.09. The molecule has 21 heavy (non-hydrogen) atoms. The molecule has 114 valence electrons. The summed E-state index contributed by atoms with van der Waals surface area (Å²) in [5.41, 5.74) is 2.61. The predicted octanol–water partition coefficient (Wildman–Crippen LogP) is 2.21. The van der Waals surface area contributed by atoms with Crippen LogP contribution >= 0.6 is 0 Å². The summed E-state index contributed by atoms with van der Waals surface area (Å²) in [6.45, 7) is 4.09. The van der Waals surface area contributed by atoms with E-state index in [1.165, 1.54) is 6.07 Å². The fourth-order valence-corrected chi connectivity index (χ4v) is 2.64. The van der Waals surface area contributed by atoms with E-state index in [0.717, 1.165) is 31.4 Å². The number of nitro benzene ring substituents is 1. The van der Waals surface area contributed by atoms with Crippen molar-refractivity contribution in [1.29, 1.82) is 0 Å². The van der Waals surface area contributed by atoms with E-state index >= 15 is 0 Å². The van der Waals surface area contributed by atoms with E-state index in [2.05, 4.69) is 5.43 Å². The molecular formula is C14H19N3O4. The summed E-state index contributed by atoms with van der Waals surface area (Å²) in [6.07, 6.45) is 3.15. The molecule has 0 radical (unpaired) electrons. The lowest BCUT2D eigenvalue weighted by Gasteiger charge is -2.38. The number of nitrogens with one attached hydrogen (secondary N) is 1. The Kier molecular flexibility index (Phi) is 4.42. The zero-order chi connectivity index (χ0) is 15.6. The van der Waals surface area contributed by atoms with Crippen LogP contribution in [-0.2, 0) is 0 Å². The lowest BCUT2D eigenvalue weighted by Crippen LogP contribution is -2.54. The van der Waals surface area contributed by atoms with Gasteiger partial charge in [0.1, 0.15) is 0 Å². The van der Waals surface area contributed by atoms with Gasteiger partial charge >= 0.3 is 5.69 Å². The first kappa shape index (κ1) is 15.2. The molecule has 1 saturated heterocycles. The van der Waals surface area contributed by atoms with E-state index in [4.69, 9.17) is 0 Å². The molecule has 1 amide bonds. The van der Waals surface area contributed by atoms with Gasteiger partial charge in [-0.3, -0.25) is 20.3 Å². The predicted molar refractivity (Wildman–Crippen MR) is 76.8 cm³/mol. The number of nitrogens with zero attached hydrogens (tertiary/aromatic N) is 2. The number of carbonyl (C=O) groups is 1. The van der Waals surface area contributed by atoms with Crippen LogP contribution in [0.5, 0.6) is 5.75 Å². The Bertz CT molecular complexity index is 551. The average molecular weight is 293 g/mol. The van der Waals surface area contributed by atoms with Gasteiger partial charge in [0.2, 0.25) is 0 Å². The molecule has 2 unspecified atom stereocenters. The fraction of sp³-hybridized carbons (Fsp3) is 0.500. The number of amides is 1. The van der Waals surface area contributed by atoms with Crippen LogP contribution in [0.2, 0.25) is 0 Å². The summed E-state index contributed by atoms with van der Waals surface area (Å²) >= 11 is 0. The van der Waals surface area contributed by atoms with Crippen molar-refractivity contribution in [3.05, 3.63) is 33.9 Å². The Morgan fingerprint density at radius 2 is 2.00 bits per heavy atom. The van der Waals surface area contributed by atoms with Gasteiger partial charge in [-0.1, -0.05) is 6.42 Å². The summed E-state index contributed by atoms with van der Waals surface area (Å²) in [5, 5.41) is 22.1. The van der Waals surface area contributed by atoms with Gasteiger partial charge in [-0.25, -0.2) is 5.01 Å². The molecule has 7 nitrogen and oxygen atoms in total. The second-order valence-electron chi connectivity index (χ2n) is 5.44. The smallest absolute Gasteiger partial charge is 0.310 e. The van der Waals surface area contributed by atoms with Crippen LogP contribution in [0.25, 0.3) is 0 Å². The molecule has 2 rings (SSSR count). The molecule has 1 aliphatic heterocycles. The summed E-state index contributed by atoms with van der Waals surface area (Å²) in [7, 11) is 0. The van der Waals surface area contributed by atoms with Crippen molar-refractivity contribution in [2.24, 2.45) is 0 Å². The van der Waals surface area contributed by atoms with Crippen molar-refractivity contribution in [1.82, 2.24) is 10.4 Å². The Balaban J connectivity index is 2.13. The fourth-order valence-electron chi connectivity index (χ4n) is 2.64. The summed E-state index contributed by atoms with van der Waals surface area (Å²) < 4.78 is 0. The van der Waals surface area contributed by atoms with E-state index < -0.39 is 16.4 Å². The van der Waals surface area contributed by atoms with Crippen LogP contribution < -0.4 is 5.43 Å². The quantitative estimate of drug-likeness (QED) is 0.658. The highest BCUT2D eigenvalue weighted by molar-refractivity contribution is 5.94. The number of carbonyl (C=O) groups excluding carboxylic acids is 1. The number of aromatic hydroxyl groups is 1. The largest absolute Gasteiger partial charge is 0.502 e. The van der Waals surface area contributed by atoms with E-state index in [-0.39, 0.29) is 23.6 Å². The molecule has 0 aromatic heterocycles. The number of phenolic OH excluding ortho intramolecular Hbond substituents is 1. The maximum atomic E-state index is 12.2. The minimum Gasteiger partial charge on any atom is -0.502 e. The van der Waals surface area contributed by atoms with Crippen molar-refractivity contribution in [3.63, 3.8) is 0 Å². The van der Waals surface area contributed by atoms with E-state index in [1.54, 1.807) is 0 Å². The van der Waals surface area contributed by atoms with Crippen molar-refractivity contribution in [3.8, 4) is 5.75 Å². The highest BCUT2D eigenvalue weighted by Crippen LogP contribution is 2.26. The average Bonchev–Trinajstić information content (AvgIpc) is 2.42. The minimum absolute atomic E-state index is 0.197. The third kappa shape index (κ3) is 3.30. The lowest BCUT2D eigenvalue weighted by molar-refractivity contribution is -0.385. The zero-order valence-corrected chi connectivity index (χ0v) is 12.1. The van der Waals surface area contributed by atoms with Crippen LogP contribution in [0.15, 0.2) is 18.2 Å². The van der Waals surface area contributed by atoms with E-state index in [9.17, 15) is 20.0 Å². The van der Waals surface area contributed by atoms with Gasteiger partial charge in [0, 0.05) is 23.7 Å². The number of nitro groups is 1. The highest BCUT2D eigenvalue weighted by atomic mass is 16.6. The Hall–Kier alpha value is -2.15. The number of phenols is 1. The topological polar surface area (TPSA) is 95.7 Å². The number of hydrogen-bond donors (Lipinski definition) is 2. The third-order valence-corrected chi connectivity index (χ3v) is 3.86. The number of hydrazine groups is 1. The molecule has 1 aliphatic rings. The first-order valence-electron chi connectivity index (χ1n) is 6.97. The van der Waals surface area contributed by atoms with Crippen LogP contribution in [0, 0.1) is 10.1 Å². The SMILES string of the molecule is CC1CCCC(C)N1NC(=O)c1ccc([N+](=O)[O-])c(O)c1. The van der Waals surface area contributed by atoms with Gasteiger partial charge in [-0.05, 0) is 38.8 Å². The molecule has 0 bridgehead atoms. The Labute approximate surface area is 122 Å². The third-order valence-electron chi connectivity index (χ3n) is 3.86. The summed E-state index contributed by atoms with van der Waals surface area (Å²) in [4.78, 5) is 22.2. The standard InChI is InChI=1S/C14H19N3O4/c1-9-4-3-5-10(2)16(9)15-14(19)11-6-7-12(17(20)21)13(18)8-11/h6-10,18H,3-5H2,1-2H3,(H,15,19). The molecule has 1 aromatic rings. The molecule has 0 aliphatic carbocycles. The second-order valence-corrected chi connectivity index (χ2v) is 5.44. The molecule has 7 heteroatoms. The van der Waals surface area contributed by atoms with Crippen LogP contribution in [0.1, 0.15) is 43.5 Å². The van der Waals surface area contributed by atoms with Gasteiger partial charge in [0.15, 0.2) is 5.75 Å². The van der Waals surface area contributed by atoms with Gasteiger partial charge in [0.05, 0.1) is 4.92 Å². The van der Waals surface area contributed by atoms with Gasteiger partial charge in [-0.2, -0.15) is 0 Å². The van der Waals surface area contributed by atoms with E-state index in [0.29, 0.717) is 0 Å². The molecule has 2 N–H and O–H groups in total. The molecule has 0 saturated carbocycles. The molecule has 0 spiro atoms. The normalized spacial score (nSPS) is 22.8. The minimum atomic E-state index is -0.689. The van der Waals surface area contributed by atoms with E-state index in [1.807, 2.05) is 18.9 Å². The first-order chi connectivity index (χ1) is 9.90. The van der Waals surface area contributed by atoms with Crippen LogP contribution in [0.4, 0.5) is 5.69 Å². The van der Waals surface area contributed by atoms with Gasteiger partial charge in [-0.15, -0.1) is 0 Å². The highest BCUT2D eigenvalue weighted by Gasteiger charge is 2.27. The van der Waals surface area contributed by atoms with Crippen molar-refractivity contribution in [2.75, 3.05) is 0 Å². The molecule has 1 fully saturated rings. The van der Waals surface area contributed by atoms with Crippen molar-refractivity contribution in [2.45, 2.75) is 45.2 Å². The number of benzene rings is 1. The monoisotopic (exact) mass is 293 g/mol. The van der Waals surface area contributed by atoms with Crippen LogP contribution in [0.3, 0.4) is 0 Å².